The first-order chi connectivity index (χ1) is 5.75. The molecule has 0 saturated heterocycles. The fraction of sp³-hybridized carbons (Fsp3) is 0.333. The molecule has 12 heavy (non-hydrogen) atoms. The number of anilines is 1. The van der Waals surface area contributed by atoms with Gasteiger partial charge in [-0.3, -0.25) is 0 Å². The van der Waals surface area contributed by atoms with E-state index in [4.69, 9.17) is 16.3 Å². The van der Waals surface area contributed by atoms with Crippen LogP contribution in [0.5, 0.6) is 5.75 Å². The van der Waals surface area contributed by atoms with E-state index in [9.17, 15) is 0 Å². The van der Waals surface area contributed by atoms with E-state index in [1.807, 2.05) is 18.2 Å². The Labute approximate surface area is 76.5 Å². The number of hydrogen-bond donors (Lipinski definition) is 1. The molecule has 1 aliphatic rings. The lowest BCUT2D eigenvalue weighted by molar-refractivity contribution is 0.292. The molecule has 1 aliphatic heterocycles. The third-order valence-corrected chi connectivity index (χ3v) is 2.07. The van der Waals surface area contributed by atoms with Crippen molar-refractivity contribution in [3.63, 3.8) is 0 Å². The number of benzene rings is 1. The van der Waals surface area contributed by atoms with Gasteiger partial charge in [-0.15, -0.1) is 0 Å². The van der Waals surface area contributed by atoms with Gasteiger partial charge in [0.05, 0.1) is 11.7 Å². The van der Waals surface area contributed by atoms with Crippen molar-refractivity contribution >= 4 is 17.3 Å². The van der Waals surface area contributed by atoms with Gasteiger partial charge in [-0.25, -0.2) is 0 Å². The van der Waals surface area contributed by atoms with Gasteiger partial charge in [-0.1, -0.05) is 11.6 Å². The Morgan fingerprint density at radius 3 is 3.25 bits per heavy atom. The molecule has 0 unspecified atom stereocenters. The second-order valence-corrected chi connectivity index (χ2v) is 3.43. The second-order valence-electron chi connectivity index (χ2n) is 3.00. The van der Waals surface area contributed by atoms with Crippen LogP contribution in [0.3, 0.4) is 0 Å². The Hall–Kier alpha value is -0.890. The molecule has 1 aromatic rings. The second kappa shape index (κ2) is 2.87. The predicted octanol–water partition coefficient (Wildman–Crippen LogP) is 2.53. The van der Waals surface area contributed by atoms with E-state index in [0.717, 1.165) is 16.5 Å². The number of hydrogen-bond acceptors (Lipinski definition) is 2. The van der Waals surface area contributed by atoms with E-state index in [1.165, 1.54) is 0 Å². The highest BCUT2D eigenvalue weighted by Crippen LogP contribution is 2.31. The average molecular weight is 184 g/mol. The monoisotopic (exact) mass is 183 g/mol. The standard InChI is InChI=1S/C9H10ClNO/c1-6-5-12-9-3-2-7(10)4-8(9)11-6/h2-4,6,11H,5H2,1H3/t6-/m0/s1. The van der Waals surface area contributed by atoms with Crippen LogP contribution in [0.25, 0.3) is 0 Å². The van der Waals surface area contributed by atoms with Crippen LogP contribution < -0.4 is 10.1 Å². The van der Waals surface area contributed by atoms with Crippen LogP contribution in [0.15, 0.2) is 18.2 Å². The SMILES string of the molecule is C[C@H]1COc2ccc(Cl)cc2N1. The zero-order chi connectivity index (χ0) is 8.55. The van der Waals surface area contributed by atoms with Crippen molar-refractivity contribution in [2.24, 2.45) is 0 Å². The average Bonchev–Trinajstić information content (AvgIpc) is 2.03. The Kier molecular flexibility index (Phi) is 1.85. The van der Waals surface area contributed by atoms with Crippen molar-refractivity contribution in [3.05, 3.63) is 23.2 Å². The summed E-state index contributed by atoms with van der Waals surface area (Å²) in [6, 6.07) is 5.96. The molecule has 0 saturated carbocycles. The van der Waals surface area contributed by atoms with Gasteiger partial charge in [0, 0.05) is 5.02 Å². The molecule has 2 rings (SSSR count). The van der Waals surface area contributed by atoms with Crippen LogP contribution in [-0.4, -0.2) is 12.6 Å². The smallest absolute Gasteiger partial charge is 0.142 e. The number of nitrogens with one attached hydrogen (secondary N) is 1. The van der Waals surface area contributed by atoms with Crippen molar-refractivity contribution in [3.8, 4) is 5.75 Å². The van der Waals surface area contributed by atoms with Crippen molar-refractivity contribution in [2.75, 3.05) is 11.9 Å². The van der Waals surface area contributed by atoms with Gasteiger partial charge < -0.3 is 10.1 Å². The van der Waals surface area contributed by atoms with E-state index >= 15 is 0 Å². The summed E-state index contributed by atoms with van der Waals surface area (Å²) >= 11 is 5.83. The van der Waals surface area contributed by atoms with Gasteiger partial charge in [-0.2, -0.15) is 0 Å². The molecule has 0 aromatic heterocycles. The van der Waals surface area contributed by atoms with Crippen LogP contribution in [0, 0.1) is 0 Å². The third-order valence-electron chi connectivity index (χ3n) is 1.83. The first-order valence-electron chi connectivity index (χ1n) is 3.94. The summed E-state index contributed by atoms with van der Waals surface area (Å²) in [5, 5.41) is 4.03. The lowest BCUT2D eigenvalue weighted by Crippen LogP contribution is -2.28. The summed E-state index contributed by atoms with van der Waals surface area (Å²) < 4.78 is 5.47. The van der Waals surface area contributed by atoms with Gasteiger partial charge in [0.1, 0.15) is 12.4 Å². The topological polar surface area (TPSA) is 21.3 Å². The van der Waals surface area contributed by atoms with Crippen LogP contribution in [0.1, 0.15) is 6.92 Å². The fourth-order valence-corrected chi connectivity index (χ4v) is 1.43. The highest BCUT2D eigenvalue weighted by atomic mass is 35.5. The Morgan fingerprint density at radius 2 is 2.42 bits per heavy atom. The summed E-state index contributed by atoms with van der Waals surface area (Å²) in [7, 11) is 0. The van der Waals surface area contributed by atoms with Crippen molar-refractivity contribution in [1.29, 1.82) is 0 Å². The molecule has 0 radical (unpaired) electrons. The zero-order valence-electron chi connectivity index (χ0n) is 6.80. The molecule has 3 heteroatoms. The quantitative estimate of drug-likeness (QED) is 0.668. The van der Waals surface area contributed by atoms with Crippen LogP contribution in [0.2, 0.25) is 5.02 Å². The third kappa shape index (κ3) is 1.34. The molecule has 0 bridgehead atoms. The largest absolute Gasteiger partial charge is 0.489 e. The van der Waals surface area contributed by atoms with E-state index in [0.29, 0.717) is 12.6 Å². The summed E-state index contributed by atoms with van der Waals surface area (Å²) in [6.45, 7) is 2.79. The predicted molar refractivity (Wildman–Crippen MR) is 50.0 cm³/mol. The molecule has 64 valence electrons. The lowest BCUT2D eigenvalue weighted by Gasteiger charge is -2.24. The van der Waals surface area contributed by atoms with Crippen molar-refractivity contribution < 1.29 is 4.74 Å². The minimum absolute atomic E-state index is 0.357. The maximum Gasteiger partial charge on any atom is 0.142 e. The fourth-order valence-electron chi connectivity index (χ4n) is 1.26. The molecular weight excluding hydrogens is 174 g/mol. The number of halogens is 1. The van der Waals surface area contributed by atoms with Gasteiger partial charge in [-0.05, 0) is 25.1 Å². The van der Waals surface area contributed by atoms with Gasteiger partial charge in [0.15, 0.2) is 0 Å². The normalized spacial score (nSPS) is 20.7. The minimum atomic E-state index is 0.357. The molecule has 1 N–H and O–H groups in total. The van der Waals surface area contributed by atoms with E-state index in [1.54, 1.807) is 0 Å². The maximum atomic E-state index is 5.83. The number of fused-ring (bicyclic) bond motifs is 1. The van der Waals surface area contributed by atoms with E-state index < -0.39 is 0 Å². The summed E-state index contributed by atoms with van der Waals surface area (Å²) in [5.74, 6) is 0.887. The van der Waals surface area contributed by atoms with Gasteiger partial charge >= 0.3 is 0 Å². The molecule has 1 atom stereocenters. The Bertz CT molecular complexity index is 301. The molecule has 1 aromatic carbocycles. The highest BCUT2D eigenvalue weighted by molar-refractivity contribution is 6.30. The van der Waals surface area contributed by atoms with Crippen LogP contribution in [0.4, 0.5) is 5.69 Å². The molecular formula is C9H10ClNO. The number of ether oxygens (including phenoxy) is 1. The van der Waals surface area contributed by atoms with Crippen LogP contribution in [-0.2, 0) is 0 Å². The first-order valence-corrected chi connectivity index (χ1v) is 4.32. The molecule has 0 aliphatic carbocycles. The van der Waals surface area contributed by atoms with Gasteiger partial charge in [0.25, 0.3) is 0 Å². The number of rotatable bonds is 0. The molecule has 0 spiro atoms. The molecule has 2 nitrogen and oxygen atoms in total. The Morgan fingerprint density at radius 1 is 1.58 bits per heavy atom. The van der Waals surface area contributed by atoms with E-state index in [-0.39, 0.29) is 0 Å². The van der Waals surface area contributed by atoms with Gasteiger partial charge in [0.2, 0.25) is 0 Å². The molecule has 1 heterocycles. The van der Waals surface area contributed by atoms with Crippen molar-refractivity contribution in [1.82, 2.24) is 0 Å². The molecule has 0 amide bonds. The zero-order valence-corrected chi connectivity index (χ0v) is 7.56. The minimum Gasteiger partial charge on any atom is -0.489 e. The lowest BCUT2D eigenvalue weighted by atomic mass is 10.2. The first kappa shape index (κ1) is 7.74. The van der Waals surface area contributed by atoms with Crippen LogP contribution >= 0.6 is 11.6 Å². The van der Waals surface area contributed by atoms with E-state index in [2.05, 4.69) is 12.2 Å². The maximum absolute atomic E-state index is 5.83. The Balaban J connectivity index is 2.37. The highest BCUT2D eigenvalue weighted by Gasteiger charge is 2.14. The molecule has 0 fully saturated rings. The van der Waals surface area contributed by atoms with Crippen molar-refractivity contribution in [2.45, 2.75) is 13.0 Å². The summed E-state index contributed by atoms with van der Waals surface area (Å²) in [4.78, 5) is 0. The summed E-state index contributed by atoms with van der Waals surface area (Å²) in [5.41, 5.74) is 0.987. The summed E-state index contributed by atoms with van der Waals surface area (Å²) in [6.07, 6.45) is 0.